The number of anilines is 1. The highest BCUT2D eigenvalue weighted by atomic mass is 79.9. The Morgan fingerprint density at radius 1 is 1.27 bits per heavy atom. The molecule has 0 aliphatic carbocycles. The molecule has 0 aromatic heterocycles. The summed E-state index contributed by atoms with van der Waals surface area (Å²) in [5.41, 5.74) is 1.30. The summed E-state index contributed by atoms with van der Waals surface area (Å²) in [5.74, 6) is -0.444. The summed E-state index contributed by atoms with van der Waals surface area (Å²) in [6.45, 7) is 1.65. The van der Waals surface area contributed by atoms with Crippen LogP contribution in [-0.4, -0.2) is 15.9 Å². The second-order valence-electron chi connectivity index (χ2n) is 4.68. The van der Waals surface area contributed by atoms with Crippen molar-refractivity contribution in [3.05, 3.63) is 68.2 Å². The molecule has 0 unspecified atom stereocenters. The Labute approximate surface area is 135 Å². The zero-order valence-electron chi connectivity index (χ0n) is 11.6. The number of hydrogen-bond donors (Lipinski definition) is 2. The van der Waals surface area contributed by atoms with E-state index in [0.717, 1.165) is 5.56 Å². The zero-order chi connectivity index (χ0) is 16.3. The number of rotatable bonds is 4. The van der Waals surface area contributed by atoms with Crippen molar-refractivity contribution in [3.8, 4) is 0 Å². The molecule has 1 amide bonds. The van der Waals surface area contributed by atoms with Gasteiger partial charge in [0, 0.05) is 17.3 Å². The molecule has 22 heavy (non-hydrogen) atoms. The number of carbonyl (C=O) groups is 1. The van der Waals surface area contributed by atoms with E-state index < -0.39 is 16.9 Å². The summed E-state index contributed by atoms with van der Waals surface area (Å²) >= 11 is 3.07. The number of aliphatic hydroxyl groups excluding tert-OH is 1. The van der Waals surface area contributed by atoms with Crippen LogP contribution in [0.5, 0.6) is 0 Å². The third-order valence-corrected chi connectivity index (χ3v) is 3.73. The fraction of sp³-hybridized carbons (Fsp3) is 0.133. The molecule has 2 aromatic rings. The molecule has 2 aromatic carbocycles. The maximum atomic E-state index is 12.1. The normalized spacial score (nSPS) is 11.8. The van der Waals surface area contributed by atoms with Crippen molar-refractivity contribution < 1.29 is 14.8 Å². The van der Waals surface area contributed by atoms with E-state index in [1.165, 1.54) is 18.2 Å². The monoisotopic (exact) mass is 364 g/mol. The van der Waals surface area contributed by atoms with Crippen LogP contribution in [-0.2, 0) is 0 Å². The van der Waals surface area contributed by atoms with Gasteiger partial charge in [0.15, 0.2) is 0 Å². The molecule has 0 aliphatic rings. The second-order valence-corrected chi connectivity index (χ2v) is 5.53. The number of nitro benzene ring substituents is 1. The van der Waals surface area contributed by atoms with E-state index in [1.807, 2.05) is 0 Å². The lowest BCUT2D eigenvalue weighted by Gasteiger charge is -2.08. The molecule has 6 nitrogen and oxygen atoms in total. The maximum absolute atomic E-state index is 12.1. The molecule has 1 atom stereocenters. The van der Waals surface area contributed by atoms with E-state index in [4.69, 9.17) is 0 Å². The lowest BCUT2D eigenvalue weighted by atomic mass is 10.1. The van der Waals surface area contributed by atoms with Gasteiger partial charge in [-0.3, -0.25) is 14.9 Å². The fourth-order valence-corrected chi connectivity index (χ4v) is 2.23. The molecule has 2 N–H and O–H groups in total. The third kappa shape index (κ3) is 3.69. The Morgan fingerprint density at radius 3 is 2.45 bits per heavy atom. The molecular weight excluding hydrogens is 352 g/mol. The Bertz CT molecular complexity index is 714. The number of nitrogens with one attached hydrogen (secondary N) is 1. The van der Waals surface area contributed by atoms with Crippen LogP contribution < -0.4 is 5.32 Å². The molecule has 7 heteroatoms. The van der Waals surface area contributed by atoms with Gasteiger partial charge in [-0.2, -0.15) is 0 Å². The number of aliphatic hydroxyl groups is 1. The summed E-state index contributed by atoms with van der Waals surface area (Å²) in [7, 11) is 0. The molecule has 0 saturated carbocycles. The minimum atomic E-state index is -0.584. The van der Waals surface area contributed by atoms with Gasteiger partial charge in [0.25, 0.3) is 11.6 Å². The van der Waals surface area contributed by atoms with E-state index in [-0.39, 0.29) is 11.3 Å². The standard InChI is InChI=1S/C15H13BrN2O4/c1-9(19)10-2-5-12(6-3-10)17-15(20)11-4-7-13(16)14(8-11)18(21)22/h2-9,19H,1H3,(H,17,20)/t9-/m0/s1. The van der Waals surface area contributed by atoms with Gasteiger partial charge in [0.05, 0.1) is 15.5 Å². The summed E-state index contributed by atoms with van der Waals surface area (Å²) in [4.78, 5) is 22.4. The van der Waals surface area contributed by atoms with Gasteiger partial charge in [-0.05, 0) is 52.7 Å². The number of nitro groups is 1. The molecule has 0 radical (unpaired) electrons. The van der Waals surface area contributed by atoms with Gasteiger partial charge >= 0.3 is 0 Å². The van der Waals surface area contributed by atoms with E-state index in [0.29, 0.717) is 10.2 Å². The van der Waals surface area contributed by atoms with Gasteiger partial charge in [0.2, 0.25) is 0 Å². The van der Waals surface area contributed by atoms with Crippen LogP contribution in [0.25, 0.3) is 0 Å². The van der Waals surface area contributed by atoms with Crippen LogP contribution in [0, 0.1) is 10.1 Å². The Balaban J connectivity index is 2.18. The van der Waals surface area contributed by atoms with Crippen LogP contribution in [0.2, 0.25) is 0 Å². The lowest BCUT2D eigenvalue weighted by Crippen LogP contribution is -2.12. The van der Waals surface area contributed by atoms with E-state index >= 15 is 0 Å². The average molecular weight is 365 g/mol. The average Bonchev–Trinajstić information content (AvgIpc) is 2.47. The fourth-order valence-electron chi connectivity index (χ4n) is 1.84. The van der Waals surface area contributed by atoms with Gasteiger partial charge < -0.3 is 10.4 Å². The van der Waals surface area contributed by atoms with Crippen molar-refractivity contribution in [1.29, 1.82) is 0 Å². The number of benzene rings is 2. The highest BCUT2D eigenvalue weighted by molar-refractivity contribution is 9.10. The molecule has 0 saturated heterocycles. The molecule has 0 heterocycles. The van der Waals surface area contributed by atoms with Crippen molar-refractivity contribution in [2.24, 2.45) is 0 Å². The lowest BCUT2D eigenvalue weighted by molar-refractivity contribution is -0.385. The maximum Gasteiger partial charge on any atom is 0.284 e. The van der Waals surface area contributed by atoms with Crippen molar-refractivity contribution in [1.82, 2.24) is 0 Å². The van der Waals surface area contributed by atoms with Crippen molar-refractivity contribution in [2.45, 2.75) is 13.0 Å². The van der Waals surface area contributed by atoms with Crippen LogP contribution in [0.15, 0.2) is 46.9 Å². The molecule has 114 valence electrons. The quantitative estimate of drug-likeness (QED) is 0.639. The first-order valence-corrected chi connectivity index (χ1v) is 7.21. The SMILES string of the molecule is C[C@H](O)c1ccc(NC(=O)c2ccc(Br)c([N+](=O)[O-])c2)cc1. The largest absolute Gasteiger partial charge is 0.389 e. The first-order valence-electron chi connectivity index (χ1n) is 6.42. The minimum Gasteiger partial charge on any atom is -0.389 e. The first-order chi connectivity index (χ1) is 10.4. The predicted octanol–water partition coefficient (Wildman–Crippen LogP) is 3.66. The number of amides is 1. The second kappa shape index (κ2) is 6.67. The molecule has 2 rings (SSSR count). The smallest absolute Gasteiger partial charge is 0.284 e. The van der Waals surface area contributed by atoms with Crippen LogP contribution in [0.1, 0.15) is 28.9 Å². The number of halogens is 1. The molecule has 0 aliphatic heterocycles. The zero-order valence-corrected chi connectivity index (χ0v) is 13.2. The Morgan fingerprint density at radius 2 is 1.91 bits per heavy atom. The summed E-state index contributed by atoms with van der Waals surface area (Å²) < 4.78 is 0.315. The molecule has 0 bridgehead atoms. The first kappa shape index (κ1) is 16.1. The van der Waals surface area contributed by atoms with Gasteiger partial charge in [-0.1, -0.05) is 12.1 Å². The number of hydrogen-bond acceptors (Lipinski definition) is 4. The Hall–Kier alpha value is -2.25. The van der Waals surface area contributed by atoms with Crippen molar-refractivity contribution in [2.75, 3.05) is 5.32 Å². The van der Waals surface area contributed by atoms with E-state index in [1.54, 1.807) is 31.2 Å². The molecule has 0 fully saturated rings. The highest BCUT2D eigenvalue weighted by Crippen LogP contribution is 2.26. The summed E-state index contributed by atoms with van der Waals surface area (Å²) in [5, 5.41) is 23.0. The highest BCUT2D eigenvalue weighted by Gasteiger charge is 2.16. The van der Waals surface area contributed by atoms with E-state index in [9.17, 15) is 20.0 Å². The summed E-state index contributed by atoms with van der Waals surface area (Å²) in [6, 6.07) is 10.9. The third-order valence-electron chi connectivity index (χ3n) is 3.06. The van der Waals surface area contributed by atoms with E-state index in [2.05, 4.69) is 21.2 Å². The molecule has 0 spiro atoms. The van der Waals surface area contributed by atoms with Crippen LogP contribution >= 0.6 is 15.9 Å². The molecular formula is C15H13BrN2O4. The van der Waals surface area contributed by atoms with Crippen LogP contribution in [0.3, 0.4) is 0 Å². The van der Waals surface area contributed by atoms with Gasteiger partial charge in [0.1, 0.15) is 0 Å². The number of nitrogens with zero attached hydrogens (tertiary/aromatic N) is 1. The van der Waals surface area contributed by atoms with Gasteiger partial charge in [-0.25, -0.2) is 0 Å². The predicted molar refractivity (Wildman–Crippen MR) is 85.8 cm³/mol. The minimum absolute atomic E-state index is 0.169. The van der Waals surface area contributed by atoms with Crippen molar-refractivity contribution in [3.63, 3.8) is 0 Å². The van der Waals surface area contributed by atoms with Gasteiger partial charge in [-0.15, -0.1) is 0 Å². The van der Waals surface area contributed by atoms with Crippen LogP contribution in [0.4, 0.5) is 11.4 Å². The summed E-state index contributed by atoms with van der Waals surface area (Å²) in [6.07, 6.45) is -0.584. The van der Waals surface area contributed by atoms with Crippen molar-refractivity contribution >= 4 is 33.2 Å². The Kier molecular flexibility index (Phi) is 4.89. The topological polar surface area (TPSA) is 92.5 Å². The number of carbonyl (C=O) groups excluding carboxylic acids is 1.